The lowest BCUT2D eigenvalue weighted by molar-refractivity contribution is 0.250. The van der Waals surface area contributed by atoms with Gasteiger partial charge < -0.3 is 15.1 Å². The zero-order valence-corrected chi connectivity index (χ0v) is 15.0. The molecule has 2 amide bonds. The first-order chi connectivity index (χ1) is 11.7. The Balaban J connectivity index is 1.63. The fraction of sp³-hybridized carbons (Fsp3) is 0.412. The minimum atomic E-state index is -0.349. The van der Waals surface area contributed by atoms with Gasteiger partial charge in [0.2, 0.25) is 5.89 Å². The van der Waals surface area contributed by atoms with Gasteiger partial charge in [-0.05, 0) is 13.0 Å². The van der Waals surface area contributed by atoms with Crippen LogP contribution in [0.1, 0.15) is 38.1 Å². The van der Waals surface area contributed by atoms with Crippen LogP contribution in [0, 0.1) is 6.92 Å². The maximum absolute atomic E-state index is 12.1. The van der Waals surface area contributed by atoms with Gasteiger partial charge in [0.05, 0.1) is 30.3 Å². The molecule has 0 saturated heterocycles. The second-order valence-corrected chi connectivity index (χ2v) is 6.98. The number of fused-ring (bicyclic) bond motifs is 1. The van der Waals surface area contributed by atoms with Crippen molar-refractivity contribution in [2.24, 2.45) is 7.05 Å². The molecular formula is C17H22N6O2. The number of urea groups is 1. The molecule has 0 aliphatic carbocycles. The highest BCUT2D eigenvalue weighted by molar-refractivity contribution is 5.91. The van der Waals surface area contributed by atoms with E-state index in [-0.39, 0.29) is 18.0 Å². The molecule has 0 unspecified atom stereocenters. The molecule has 0 bridgehead atoms. The molecule has 3 heterocycles. The molecule has 8 nitrogen and oxygen atoms in total. The van der Waals surface area contributed by atoms with Gasteiger partial charge in [-0.1, -0.05) is 20.8 Å². The van der Waals surface area contributed by atoms with Gasteiger partial charge in [-0.15, -0.1) is 0 Å². The number of nitrogens with zero attached hydrogens (tertiary/aromatic N) is 4. The van der Waals surface area contributed by atoms with Crippen molar-refractivity contribution < 1.29 is 9.21 Å². The number of pyridine rings is 1. The highest BCUT2D eigenvalue weighted by atomic mass is 16.4. The monoisotopic (exact) mass is 342 g/mol. The molecule has 25 heavy (non-hydrogen) atoms. The van der Waals surface area contributed by atoms with Gasteiger partial charge in [0, 0.05) is 17.8 Å². The van der Waals surface area contributed by atoms with Gasteiger partial charge in [-0.25, -0.2) is 14.8 Å². The summed E-state index contributed by atoms with van der Waals surface area (Å²) in [5, 5.41) is 10.7. The zero-order chi connectivity index (χ0) is 18.2. The second-order valence-electron chi connectivity index (χ2n) is 6.98. The van der Waals surface area contributed by atoms with E-state index in [9.17, 15) is 4.79 Å². The van der Waals surface area contributed by atoms with Crippen molar-refractivity contribution in [3.63, 3.8) is 0 Å². The smallest absolute Gasteiger partial charge is 0.319 e. The van der Waals surface area contributed by atoms with E-state index in [4.69, 9.17) is 4.42 Å². The van der Waals surface area contributed by atoms with E-state index in [1.165, 1.54) is 0 Å². The Morgan fingerprint density at radius 2 is 2.04 bits per heavy atom. The van der Waals surface area contributed by atoms with Crippen molar-refractivity contribution in [2.75, 3.05) is 5.32 Å². The van der Waals surface area contributed by atoms with Crippen LogP contribution in [0.25, 0.3) is 11.0 Å². The topological polar surface area (TPSA) is 97.9 Å². The van der Waals surface area contributed by atoms with Crippen LogP contribution in [0.5, 0.6) is 0 Å². The lowest BCUT2D eigenvalue weighted by Crippen LogP contribution is -2.28. The Morgan fingerprint density at radius 3 is 2.72 bits per heavy atom. The van der Waals surface area contributed by atoms with Crippen molar-refractivity contribution in [1.82, 2.24) is 25.1 Å². The first-order valence-corrected chi connectivity index (χ1v) is 8.03. The van der Waals surface area contributed by atoms with E-state index < -0.39 is 0 Å². The number of oxazole rings is 1. The molecule has 3 aromatic heterocycles. The number of anilines is 1. The van der Waals surface area contributed by atoms with Crippen molar-refractivity contribution in [1.29, 1.82) is 0 Å². The third-order valence-corrected chi connectivity index (χ3v) is 3.81. The quantitative estimate of drug-likeness (QED) is 0.762. The molecule has 132 valence electrons. The molecule has 0 atom stereocenters. The van der Waals surface area contributed by atoms with Crippen molar-refractivity contribution in [2.45, 2.75) is 39.7 Å². The van der Waals surface area contributed by atoms with Gasteiger partial charge in [0.25, 0.3) is 0 Å². The number of amides is 2. The minimum absolute atomic E-state index is 0.115. The van der Waals surface area contributed by atoms with E-state index in [2.05, 4.69) is 25.7 Å². The van der Waals surface area contributed by atoms with E-state index in [1.807, 2.05) is 40.8 Å². The Kier molecular flexibility index (Phi) is 4.20. The summed E-state index contributed by atoms with van der Waals surface area (Å²) < 4.78 is 7.36. The third kappa shape index (κ3) is 3.62. The SMILES string of the molecule is Cc1nn(C)c2ncc(NC(=O)NCc3ncc(C(C)(C)C)o3)cc12. The molecule has 0 spiro atoms. The van der Waals surface area contributed by atoms with Crippen molar-refractivity contribution >= 4 is 22.8 Å². The number of hydrogen-bond acceptors (Lipinski definition) is 5. The molecule has 3 rings (SSSR count). The lowest BCUT2D eigenvalue weighted by atomic mass is 9.94. The number of carbonyl (C=O) groups is 1. The zero-order valence-electron chi connectivity index (χ0n) is 15.0. The molecule has 3 aromatic rings. The largest absolute Gasteiger partial charge is 0.443 e. The molecule has 8 heteroatoms. The average molecular weight is 342 g/mol. The fourth-order valence-corrected chi connectivity index (χ4v) is 2.45. The average Bonchev–Trinajstić information content (AvgIpc) is 3.11. The highest BCUT2D eigenvalue weighted by Gasteiger charge is 2.19. The normalized spacial score (nSPS) is 11.7. The van der Waals surface area contributed by atoms with Crippen LogP contribution in [0.4, 0.5) is 10.5 Å². The molecule has 0 aliphatic heterocycles. The van der Waals surface area contributed by atoms with Crippen molar-refractivity contribution in [3.05, 3.63) is 35.8 Å². The number of aryl methyl sites for hydroxylation is 2. The first-order valence-electron chi connectivity index (χ1n) is 8.03. The molecule has 0 radical (unpaired) electrons. The van der Waals surface area contributed by atoms with Crippen LogP contribution in [0.3, 0.4) is 0 Å². The Hall–Kier alpha value is -2.90. The fourth-order valence-electron chi connectivity index (χ4n) is 2.45. The Bertz CT molecular complexity index is 919. The second kappa shape index (κ2) is 6.19. The minimum Gasteiger partial charge on any atom is -0.443 e. The predicted molar refractivity (Wildman–Crippen MR) is 94.3 cm³/mol. The van der Waals surface area contributed by atoms with E-state index in [0.717, 1.165) is 22.5 Å². The van der Waals surface area contributed by atoms with E-state index in [0.29, 0.717) is 11.6 Å². The van der Waals surface area contributed by atoms with Crippen LogP contribution in [-0.4, -0.2) is 25.8 Å². The predicted octanol–water partition coefficient (Wildman–Crippen LogP) is 2.88. The first kappa shape index (κ1) is 16.9. The number of carbonyl (C=O) groups excluding carboxylic acids is 1. The summed E-state index contributed by atoms with van der Waals surface area (Å²) in [4.78, 5) is 20.6. The Labute approximate surface area is 145 Å². The van der Waals surface area contributed by atoms with Gasteiger partial charge in [-0.3, -0.25) is 4.68 Å². The summed E-state index contributed by atoms with van der Waals surface area (Å²) in [5.41, 5.74) is 2.13. The molecule has 0 aromatic carbocycles. The lowest BCUT2D eigenvalue weighted by Gasteiger charge is -2.13. The molecule has 0 saturated carbocycles. The number of aromatic nitrogens is 4. The number of nitrogens with one attached hydrogen (secondary N) is 2. The highest BCUT2D eigenvalue weighted by Crippen LogP contribution is 2.22. The van der Waals surface area contributed by atoms with Crippen LogP contribution in [0.15, 0.2) is 22.9 Å². The summed E-state index contributed by atoms with van der Waals surface area (Å²) >= 11 is 0. The van der Waals surface area contributed by atoms with Gasteiger partial charge >= 0.3 is 6.03 Å². The van der Waals surface area contributed by atoms with Gasteiger partial charge in [0.1, 0.15) is 5.76 Å². The molecule has 2 N–H and O–H groups in total. The Morgan fingerprint density at radius 1 is 1.28 bits per heavy atom. The summed E-state index contributed by atoms with van der Waals surface area (Å²) in [7, 11) is 1.84. The van der Waals surface area contributed by atoms with Crippen molar-refractivity contribution in [3.8, 4) is 0 Å². The standard InChI is InChI=1S/C17H22N6O2/c1-10-12-6-11(7-19-15(12)23(5)22-10)21-16(24)20-9-14-18-8-13(25-14)17(2,3)4/h6-8H,9H2,1-5H3,(H2,20,21,24). The van der Waals surface area contributed by atoms with Crippen LogP contribution in [-0.2, 0) is 19.0 Å². The van der Waals surface area contributed by atoms with E-state index >= 15 is 0 Å². The number of hydrogen-bond donors (Lipinski definition) is 2. The van der Waals surface area contributed by atoms with E-state index in [1.54, 1.807) is 17.1 Å². The molecule has 0 aliphatic rings. The summed E-state index contributed by atoms with van der Waals surface area (Å²) in [6, 6.07) is 1.51. The van der Waals surface area contributed by atoms with Gasteiger partial charge in [-0.2, -0.15) is 5.10 Å². The summed E-state index contributed by atoms with van der Waals surface area (Å²) in [6.07, 6.45) is 3.30. The molecule has 0 fully saturated rings. The van der Waals surface area contributed by atoms with Crippen LogP contribution >= 0.6 is 0 Å². The third-order valence-electron chi connectivity index (χ3n) is 3.81. The van der Waals surface area contributed by atoms with Crippen LogP contribution in [0.2, 0.25) is 0 Å². The van der Waals surface area contributed by atoms with Crippen LogP contribution < -0.4 is 10.6 Å². The van der Waals surface area contributed by atoms with Gasteiger partial charge in [0.15, 0.2) is 5.65 Å². The maximum atomic E-state index is 12.1. The summed E-state index contributed by atoms with van der Waals surface area (Å²) in [5.74, 6) is 1.25. The number of rotatable bonds is 3. The summed E-state index contributed by atoms with van der Waals surface area (Å²) in [6.45, 7) is 8.25. The molecular weight excluding hydrogens is 320 g/mol. The maximum Gasteiger partial charge on any atom is 0.319 e.